The molecule has 0 aliphatic rings. The molecule has 0 saturated carbocycles. The summed E-state index contributed by atoms with van der Waals surface area (Å²) >= 11 is 1.75. The van der Waals surface area contributed by atoms with Gasteiger partial charge in [-0.05, 0) is 42.2 Å². The lowest BCUT2D eigenvalue weighted by atomic mass is 10.2. The van der Waals surface area contributed by atoms with Crippen LogP contribution in [0.2, 0.25) is 0 Å². The Morgan fingerprint density at radius 2 is 1.65 bits per heavy atom. The van der Waals surface area contributed by atoms with Crippen molar-refractivity contribution in [1.29, 1.82) is 0 Å². The minimum absolute atomic E-state index is 0.873. The second-order valence-electron chi connectivity index (χ2n) is 4.39. The summed E-state index contributed by atoms with van der Waals surface area (Å²) in [7, 11) is 0. The molecule has 0 fully saturated rings. The Balaban J connectivity index is 1.85. The summed E-state index contributed by atoms with van der Waals surface area (Å²) in [6, 6.07) is 16.4. The van der Waals surface area contributed by atoms with Gasteiger partial charge in [0.15, 0.2) is 0 Å². The molecule has 3 heteroatoms. The van der Waals surface area contributed by atoms with Crippen molar-refractivity contribution in [2.75, 3.05) is 6.26 Å². The summed E-state index contributed by atoms with van der Waals surface area (Å²) in [6.45, 7) is 0. The zero-order chi connectivity index (χ0) is 13.8. The van der Waals surface area contributed by atoms with Gasteiger partial charge < -0.3 is 0 Å². The van der Waals surface area contributed by atoms with Crippen molar-refractivity contribution in [3.8, 4) is 0 Å². The number of fused-ring (bicyclic) bond motifs is 1. The van der Waals surface area contributed by atoms with Crippen LogP contribution in [-0.2, 0) is 0 Å². The van der Waals surface area contributed by atoms with Crippen LogP contribution in [0.1, 0.15) is 11.3 Å². The van der Waals surface area contributed by atoms with Crippen LogP contribution in [0.3, 0.4) is 0 Å². The van der Waals surface area contributed by atoms with E-state index in [1.165, 1.54) is 4.90 Å². The van der Waals surface area contributed by atoms with Crippen LogP contribution in [0, 0.1) is 0 Å². The largest absolute Gasteiger partial charge is 0.252 e. The van der Waals surface area contributed by atoms with E-state index in [2.05, 4.69) is 46.6 Å². The van der Waals surface area contributed by atoms with E-state index in [0.717, 1.165) is 22.3 Å². The number of hydrogen-bond donors (Lipinski definition) is 0. The molecule has 0 bridgehead atoms. The molecule has 2 nitrogen and oxygen atoms in total. The summed E-state index contributed by atoms with van der Waals surface area (Å²) in [5, 5.41) is 0. The summed E-state index contributed by atoms with van der Waals surface area (Å²) < 4.78 is 0. The molecule has 0 amide bonds. The average molecular weight is 278 g/mol. The molecule has 0 N–H and O–H groups in total. The van der Waals surface area contributed by atoms with Gasteiger partial charge in [-0.2, -0.15) is 0 Å². The van der Waals surface area contributed by atoms with Crippen molar-refractivity contribution in [3.63, 3.8) is 0 Å². The molecule has 3 aromatic rings. The van der Waals surface area contributed by atoms with Gasteiger partial charge in [-0.25, -0.2) is 4.98 Å². The predicted octanol–water partition coefficient (Wildman–Crippen LogP) is 4.52. The maximum absolute atomic E-state index is 4.57. The number of nitrogens with zero attached hydrogens (tertiary/aromatic N) is 2. The highest BCUT2D eigenvalue weighted by molar-refractivity contribution is 7.98. The van der Waals surface area contributed by atoms with Crippen LogP contribution in [0.4, 0.5) is 0 Å². The lowest BCUT2D eigenvalue weighted by molar-refractivity contribution is 1.27. The molecule has 1 heterocycles. The van der Waals surface area contributed by atoms with Gasteiger partial charge in [0.1, 0.15) is 0 Å². The molecule has 1 aromatic heterocycles. The summed E-state index contributed by atoms with van der Waals surface area (Å²) in [5.41, 5.74) is 3.89. The number of aromatic nitrogens is 2. The van der Waals surface area contributed by atoms with E-state index < -0.39 is 0 Å². The van der Waals surface area contributed by atoms with Crippen LogP contribution in [-0.4, -0.2) is 16.2 Å². The van der Waals surface area contributed by atoms with Crippen molar-refractivity contribution in [1.82, 2.24) is 9.97 Å². The van der Waals surface area contributed by atoms with Gasteiger partial charge in [0, 0.05) is 4.90 Å². The van der Waals surface area contributed by atoms with Crippen molar-refractivity contribution >= 4 is 34.9 Å². The lowest BCUT2D eigenvalue weighted by Gasteiger charge is -1.99. The van der Waals surface area contributed by atoms with Crippen LogP contribution in [0.25, 0.3) is 23.2 Å². The van der Waals surface area contributed by atoms with Gasteiger partial charge in [-0.1, -0.05) is 30.3 Å². The average Bonchev–Trinajstić information content (AvgIpc) is 2.53. The number of rotatable bonds is 3. The van der Waals surface area contributed by atoms with E-state index in [9.17, 15) is 0 Å². The van der Waals surface area contributed by atoms with E-state index in [-0.39, 0.29) is 0 Å². The zero-order valence-electron chi connectivity index (χ0n) is 11.2. The SMILES string of the molecule is CSc1ccc(/C=C/c2cnc3ccccc3n2)cc1. The normalized spacial score (nSPS) is 11.2. The minimum atomic E-state index is 0.873. The Morgan fingerprint density at radius 3 is 2.40 bits per heavy atom. The van der Waals surface area contributed by atoms with Crippen molar-refractivity contribution < 1.29 is 0 Å². The first kappa shape index (κ1) is 12.9. The summed E-state index contributed by atoms with van der Waals surface area (Å²) in [5.74, 6) is 0. The van der Waals surface area contributed by atoms with Crippen LogP contribution in [0.15, 0.2) is 59.6 Å². The number of hydrogen-bond acceptors (Lipinski definition) is 3. The highest BCUT2D eigenvalue weighted by atomic mass is 32.2. The molecule has 0 aliphatic heterocycles. The Bertz CT molecular complexity index is 748. The first-order chi connectivity index (χ1) is 9.85. The van der Waals surface area contributed by atoms with E-state index in [4.69, 9.17) is 0 Å². The summed E-state index contributed by atoms with van der Waals surface area (Å²) in [4.78, 5) is 10.2. The molecule has 0 spiro atoms. The quantitative estimate of drug-likeness (QED) is 0.659. The van der Waals surface area contributed by atoms with Gasteiger partial charge in [-0.3, -0.25) is 4.98 Å². The van der Waals surface area contributed by atoms with Gasteiger partial charge in [0.25, 0.3) is 0 Å². The fourth-order valence-corrected chi connectivity index (χ4v) is 2.36. The lowest BCUT2D eigenvalue weighted by Crippen LogP contribution is -1.86. The highest BCUT2D eigenvalue weighted by Crippen LogP contribution is 2.16. The topological polar surface area (TPSA) is 25.8 Å². The monoisotopic (exact) mass is 278 g/mol. The van der Waals surface area contributed by atoms with E-state index >= 15 is 0 Å². The van der Waals surface area contributed by atoms with Gasteiger partial charge in [-0.15, -0.1) is 11.8 Å². The molecule has 98 valence electrons. The highest BCUT2D eigenvalue weighted by Gasteiger charge is 1.96. The van der Waals surface area contributed by atoms with Crippen molar-refractivity contribution in [2.45, 2.75) is 4.90 Å². The first-order valence-corrected chi connectivity index (χ1v) is 7.61. The zero-order valence-corrected chi connectivity index (χ0v) is 12.0. The smallest absolute Gasteiger partial charge is 0.0894 e. The fourth-order valence-electron chi connectivity index (χ4n) is 1.95. The van der Waals surface area contributed by atoms with Crippen molar-refractivity contribution in [3.05, 3.63) is 66.0 Å². The number of para-hydroxylation sites is 2. The molecule has 0 saturated heterocycles. The minimum Gasteiger partial charge on any atom is -0.252 e. The molecule has 2 aromatic carbocycles. The van der Waals surface area contributed by atoms with Crippen molar-refractivity contribution in [2.24, 2.45) is 0 Å². The van der Waals surface area contributed by atoms with Gasteiger partial charge in [0.2, 0.25) is 0 Å². The fraction of sp³-hybridized carbons (Fsp3) is 0.0588. The predicted molar refractivity (Wildman–Crippen MR) is 86.7 cm³/mol. The summed E-state index contributed by atoms with van der Waals surface area (Å²) in [6.07, 6.45) is 7.93. The number of benzene rings is 2. The van der Waals surface area contributed by atoms with E-state index in [1.54, 1.807) is 18.0 Å². The Labute approximate surface area is 122 Å². The third-order valence-electron chi connectivity index (χ3n) is 3.03. The van der Waals surface area contributed by atoms with Crippen LogP contribution in [0.5, 0.6) is 0 Å². The second-order valence-corrected chi connectivity index (χ2v) is 5.27. The Kier molecular flexibility index (Phi) is 3.79. The molecule has 3 rings (SSSR count). The molecule has 0 radical (unpaired) electrons. The molecule has 0 atom stereocenters. The maximum atomic E-state index is 4.57. The van der Waals surface area contributed by atoms with Crippen LogP contribution >= 0.6 is 11.8 Å². The van der Waals surface area contributed by atoms with E-state index in [1.807, 2.05) is 30.3 Å². The third kappa shape index (κ3) is 2.89. The Hall–Kier alpha value is -2.13. The molecular formula is C17H14N2S. The maximum Gasteiger partial charge on any atom is 0.0894 e. The second kappa shape index (κ2) is 5.88. The standard InChI is InChI=1S/C17H14N2S/c1-20-15-10-7-13(8-11-15)6-9-14-12-18-16-4-2-3-5-17(16)19-14/h2-12H,1H3/b9-6+. The van der Waals surface area contributed by atoms with Gasteiger partial charge in [0.05, 0.1) is 22.9 Å². The van der Waals surface area contributed by atoms with Gasteiger partial charge >= 0.3 is 0 Å². The van der Waals surface area contributed by atoms with Crippen LogP contribution < -0.4 is 0 Å². The molecule has 0 unspecified atom stereocenters. The number of thioether (sulfide) groups is 1. The molecular weight excluding hydrogens is 264 g/mol. The molecule has 0 aliphatic carbocycles. The van der Waals surface area contributed by atoms with E-state index in [0.29, 0.717) is 0 Å². The molecule has 20 heavy (non-hydrogen) atoms. The first-order valence-electron chi connectivity index (χ1n) is 6.39. The Morgan fingerprint density at radius 1 is 0.900 bits per heavy atom. The third-order valence-corrected chi connectivity index (χ3v) is 3.77.